The van der Waals surface area contributed by atoms with Crippen molar-refractivity contribution >= 4 is 53.4 Å². The van der Waals surface area contributed by atoms with Crippen molar-refractivity contribution < 1.29 is 16.8 Å². The maximum Gasteiger partial charge on any atom is 0.264 e. The van der Waals surface area contributed by atoms with Crippen LogP contribution in [0.15, 0.2) is 26.9 Å². The predicted octanol–water partition coefficient (Wildman–Crippen LogP) is 1.22. The molecule has 1 aromatic carbocycles. The summed E-state index contributed by atoms with van der Waals surface area (Å²) in [5.41, 5.74) is 0.0535. The molecule has 0 fully saturated rings. The van der Waals surface area contributed by atoms with Crippen molar-refractivity contribution in [3.8, 4) is 0 Å². The Morgan fingerprint density at radius 1 is 1.29 bits per heavy atom. The predicted molar refractivity (Wildman–Crippen MR) is 63.0 cm³/mol. The molecular weight excluding hydrogens is 311 g/mol. The minimum atomic E-state index is -4.12. The van der Waals surface area contributed by atoms with E-state index in [-0.39, 0.29) is 15.6 Å². The van der Waals surface area contributed by atoms with E-state index in [1.54, 1.807) is 0 Å². The van der Waals surface area contributed by atoms with Crippen molar-refractivity contribution in [1.29, 1.82) is 0 Å². The zero-order valence-corrected chi connectivity index (χ0v) is 11.0. The first kappa shape index (κ1) is 12.6. The van der Waals surface area contributed by atoms with Crippen molar-refractivity contribution in [2.24, 2.45) is 4.99 Å². The van der Waals surface area contributed by atoms with Crippen LogP contribution in [0.5, 0.6) is 0 Å². The molecule has 10 heteroatoms. The van der Waals surface area contributed by atoms with Crippen LogP contribution in [0.4, 0.5) is 5.69 Å². The van der Waals surface area contributed by atoms with Gasteiger partial charge in [-0.2, -0.15) is 0 Å². The number of rotatable bonds is 1. The smallest absolute Gasteiger partial charge is 0.264 e. The first-order chi connectivity index (χ1) is 7.72. The van der Waals surface area contributed by atoms with Gasteiger partial charge in [-0.3, -0.25) is 4.72 Å². The quantitative estimate of drug-likeness (QED) is 0.789. The highest BCUT2D eigenvalue weighted by molar-refractivity contribution is 8.13. The maximum atomic E-state index is 11.6. The van der Waals surface area contributed by atoms with Crippen LogP contribution < -0.4 is 4.72 Å². The van der Waals surface area contributed by atoms with Gasteiger partial charge >= 0.3 is 0 Å². The standard InChI is InChI=1S/C7H4Cl2N2O4S2/c8-4-1-5-7(2-6(4)16(9,12)13)17(14,15)11-3-10-5/h1-3H,(H,10,11). The summed E-state index contributed by atoms with van der Waals surface area (Å²) in [6.07, 6.45) is 0.975. The number of halogens is 2. The van der Waals surface area contributed by atoms with Crippen LogP contribution in [-0.4, -0.2) is 23.2 Å². The molecule has 0 aliphatic carbocycles. The monoisotopic (exact) mass is 314 g/mol. The fraction of sp³-hybridized carbons (Fsp3) is 0. The molecule has 1 heterocycles. The van der Waals surface area contributed by atoms with E-state index >= 15 is 0 Å². The Labute approximate surface area is 107 Å². The SMILES string of the molecule is O=S(=O)(Cl)c1cc2c(cc1Cl)N=CNS2(=O)=O. The van der Waals surface area contributed by atoms with Gasteiger partial charge in [0.25, 0.3) is 19.1 Å². The van der Waals surface area contributed by atoms with Gasteiger partial charge in [-0.1, -0.05) is 11.6 Å². The summed E-state index contributed by atoms with van der Waals surface area (Å²) in [6.45, 7) is 0. The average Bonchev–Trinajstić information content (AvgIpc) is 2.13. The third-order valence-corrected chi connectivity index (χ3v) is 5.09. The second-order valence-electron chi connectivity index (χ2n) is 3.07. The molecule has 0 aromatic heterocycles. The van der Waals surface area contributed by atoms with Gasteiger partial charge in [-0.05, 0) is 12.1 Å². The van der Waals surface area contributed by atoms with Crippen LogP contribution in [-0.2, 0) is 19.1 Å². The molecule has 0 saturated heterocycles. The van der Waals surface area contributed by atoms with E-state index < -0.39 is 24.0 Å². The minimum Gasteiger partial charge on any atom is -0.270 e. The number of fused-ring (bicyclic) bond motifs is 1. The van der Waals surface area contributed by atoms with E-state index in [1.165, 1.54) is 0 Å². The van der Waals surface area contributed by atoms with E-state index in [4.69, 9.17) is 22.3 Å². The molecule has 0 saturated carbocycles. The lowest BCUT2D eigenvalue weighted by atomic mass is 10.3. The summed E-state index contributed by atoms with van der Waals surface area (Å²) in [4.78, 5) is 2.98. The Hall–Kier alpha value is -0.830. The fourth-order valence-electron chi connectivity index (χ4n) is 1.26. The van der Waals surface area contributed by atoms with Gasteiger partial charge in [0.1, 0.15) is 16.1 Å². The number of hydrogen-bond acceptors (Lipinski definition) is 5. The van der Waals surface area contributed by atoms with Crippen molar-refractivity contribution in [2.45, 2.75) is 9.79 Å². The van der Waals surface area contributed by atoms with E-state index in [9.17, 15) is 16.8 Å². The van der Waals surface area contributed by atoms with E-state index in [1.807, 2.05) is 4.72 Å². The summed E-state index contributed by atoms with van der Waals surface area (Å²) in [5, 5.41) is -0.187. The third-order valence-electron chi connectivity index (χ3n) is 1.98. The van der Waals surface area contributed by atoms with Crippen molar-refractivity contribution in [3.05, 3.63) is 17.2 Å². The fourth-order valence-corrected chi connectivity index (χ4v) is 3.82. The topological polar surface area (TPSA) is 92.7 Å². The van der Waals surface area contributed by atoms with Crippen molar-refractivity contribution in [1.82, 2.24) is 4.72 Å². The molecule has 2 rings (SSSR count). The molecule has 1 aromatic rings. The zero-order valence-electron chi connectivity index (χ0n) is 7.88. The highest BCUT2D eigenvalue weighted by atomic mass is 35.7. The maximum absolute atomic E-state index is 11.6. The van der Waals surface area contributed by atoms with Gasteiger partial charge in [-0.25, -0.2) is 21.8 Å². The summed E-state index contributed by atoms with van der Waals surface area (Å²) in [6, 6.07) is 2.00. The molecule has 17 heavy (non-hydrogen) atoms. The van der Waals surface area contributed by atoms with Crippen LogP contribution in [0, 0.1) is 0 Å². The Bertz CT molecular complexity index is 724. The van der Waals surface area contributed by atoms with E-state index in [0.29, 0.717) is 0 Å². The van der Waals surface area contributed by atoms with Crippen LogP contribution in [0.25, 0.3) is 0 Å². The number of benzene rings is 1. The number of nitrogens with zero attached hydrogens (tertiary/aromatic N) is 1. The molecule has 0 radical (unpaired) electrons. The van der Waals surface area contributed by atoms with Gasteiger partial charge in [0.2, 0.25) is 0 Å². The highest BCUT2D eigenvalue weighted by Gasteiger charge is 2.26. The van der Waals surface area contributed by atoms with Crippen LogP contribution >= 0.6 is 22.3 Å². The number of nitrogens with one attached hydrogen (secondary N) is 1. The summed E-state index contributed by atoms with van der Waals surface area (Å²) >= 11 is 5.69. The molecule has 6 nitrogen and oxygen atoms in total. The second kappa shape index (κ2) is 3.84. The lowest BCUT2D eigenvalue weighted by molar-refractivity contribution is 0.592. The summed E-state index contributed by atoms with van der Waals surface area (Å²) < 4.78 is 47.5. The molecule has 1 N–H and O–H groups in total. The van der Waals surface area contributed by atoms with Crippen molar-refractivity contribution in [2.75, 3.05) is 0 Å². The van der Waals surface area contributed by atoms with Gasteiger partial charge in [-0.15, -0.1) is 0 Å². The van der Waals surface area contributed by atoms with Crippen LogP contribution in [0.2, 0.25) is 5.02 Å². The minimum absolute atomic E-state index is 0.0535. The zero-order chi connectivity index (χ0) is 12.8. The van der Waals surface area contributed by atoms with Gasteiger partial charge in [0, 0.05) is 10.7 Å². The summed E-state index contributed by atoms with van der Waals surface area (Å²) in [5.74, 6) is 0. The highest BCUT2D eigenvalue weighted by Crippen LogP contribution is 2.35. The van der Waals surface area contributed by atoms with Gasteiger partial charge < -0.3 is 0 Å². The average molecular weight is 315 g/mol. The van der Waals surface area contributed by atoms with Crippen LogP contribution in [0.3, 0.4) is 0 Å². The van der Waals surface area contributed by atoms with Gasteiger partial charge in [0.05, 0.1) is 10.7 Å². The number of aliphatic imine (C=N–C) groups is 1. The molecule has 92 valence electrons. The Morgan fingerprint density at radius 2 is 1.94 bits per heavy atom. The molecular formula is C7H4Cl2N2O4S2. The molecule has 0 amide bonds. The van der Waals surface area contributed by atoms with Crippen molar-refractivity contribution in [3.63, 3.8) is 0 Å². The third kappa shape index (κ3) is 2.25. The molecule has 0 unspecified atom stereocenters. The Kier molecular flexibility index (Phi) is 2.85. The molecule has 0 spiro atoms. The van der Waals surface area contributed by atoms with E-state index in [2.05, 4.69) is 4.99 Å². The first-order valence-corrected chi connectivity index (χ1v) is 8.22. The Morgan fingerprint density at radius 3 is 2.53 bits per heavy atom. The van der Waals surface area contributed by atoms with Crippen LogP contribution in [0.1, 0.15) is 0 Å². The second-order valence-corrected chi connectivity index (χ2v) is 7.69. The number of hydrogen-bond donors (Lipinski definition) is 1. The number of sulfonamides is 1. The molecule has 0 bridgehead atoms. The summed E-state index contributed by atoms with van der Waals surface area (Å²) in [7, 11) is -2.81. The Balaban J connectivity index is 2.85. The molecule has 0 atom stereocenters. The van der Waals surface area contributed by atoms with E-state index in [0.717, 1.165) is 18.5 Å². The van der Waals surface area contributed by atoms with Gasteiger partial charge in [0.15, 0.2) is 0 Å². The molecule has 1 aliphatic heterocycles. The molecule has 1 aliphatic rings. The largest absolute Gasteiger partial charge is 0.270 e. The lowest BCUT2D eigenvalue weighted by Crippen LogP contribution is -2.25. The lowest BCUT2D eigenvalue weighted by Gasteiger charge is -2.13. The normalized spacial score (nSPS) is 17.3. The first-order valence-electron chi connectivity index (χ1n) is 4.05.